The van der Waals surface area contributed by atoms with Gasteiger partial charge in [0.15, 0.2) is 0 Å². The third-order valence-corrected chi connectivity index (χ3v) is 1.72. The Bertz CT molecular complexity index is 253. The predicted octanol–water partition coefficient (Wildman–Crippen LogP) is -0.553. The van der Waals surface area contributed by atoms with Crippen LogP contribution in [0.2, 0.25) is 0 Å². The summed E-state index contributed by atoms with van der Waals surface area (Å²) in [5.74, 6) is 0.291. The Hall–Kier alpha value is -1.57. The van der Waals surface area contributed by atoms with Crippen LogP contribution in [-0.2, 0) is 4.79 Å². The van der Waals surface area contributed by atoms with Crippen LogP contribution < -0.4 is 5.73 Å². The average molecular weight is 166 g/mol. The van der Waals surface area contributed by atoms with Crippen molar-refractivity contribution in [3.8, 4) is 6.19 Å². The highest BCUT2D eigenvalue weighted by Crippen LogP contribution is 2.10. The summed E-state index contributed by atoms with van der Waals surface area (Å²) >= 11 is 0. The van der Waals surface area contributed by atoms with E-state index in [0.29, 0.717) is 5.84 Å². The van der Waals surface area contributed by atoms with Crippen LogP contribution in [0.25, 0.3) is 0 Å². The summed E-state index contributed by atoms with van der Waals surface area (Å²) in [7, 11) is 0. The molecule has 0 spiro atoms. The molecule has 0 radical (unpaired) electrons. The van der Waals surface area contributed by atoms with Gasteiger partial charge >= 0.3 is 0 Å². The summed E-state index contributed by atoms with van der Waals surface area (Å²) in [6.45, 7) is 0.934. The quantitative estimate of drug-likeness (QED) is 0.558. The first-order chi connectivity index (χ1) is 5.74. The maximum absolute atomic E-state index is 10.5. The number of carbonyl (C=O) groups excluding carboxylic acids is 1. The Kier molecular flexibility index (Phi) is 2.64. The highest BCUT2D eigenvalue weighted by molar-refractivity contribution is 5.89. The molecule has 12 heavy (non-hydrogen) atoms. The molecule has 0 aromatic heterocycles. The lowest BCUT2D eigenvalue weighted by Crippen LogP contribution is -2.34. The van der Waals surface area contributed by atoms with Gasteiger partial charge in [0, 0.05) is 13.0 Å². The van der Waals surface area contributed by atoms with Gasteiger partial charge in [-0.15, -0.1) is 0 Å². The van der Waals surface area contributed by atoms with E-state index in [1.54, 1.807) is 11.1 Å². The first-order valence-corrected chi connectivity index (χ1v) is 3.73. The van der Waals surface area contributed by atoms with Crippen LogP contribution in [0.3, 0.4) is 0 Å². The number of amides is 1. The zero-order chi connectivity index (χ0) is 8.97. The van der Waals surface area contributed by atoms with Gasteiger partial charge in [-0.3, -0.25) is 4.79 Å². The predicted molar refractivity (Wildman–Crippen MR) is 43.0 cm³/mol. The van der Waals surface area contributed by atoms with Crippen LogP contribution >= 0.6 is 0 Å². The van der Waals surface area contributed by atoms with Crippen molar-refractivity contribution in [3.63, 3.8) is 0 Å². The summed E-state index contributed by atoms with van der Waals surface area (Å²) in [4.78, 5) is 15.9. The standard InChI is InChI=1S/C7H10N4O/c8-5-10-7-2-1-3-11(7)4-6(9)12/h1-4H2,(H2,9,12). The maximum Gasteiger partial charge on any atom is 0.236 e. The minimum atomic E-state index is -0.387. The molecule has 64 valence electrons. The number of amidine groups is 1. The number of nitrogens with two attached hydrogens (primary N) is 1. The van der Waals surface area contributed by atoms with Crippen molar-refractivity contribution >= 4 is 11.7 Å². The third kappa shape index (κ3) is 1.95. The van der Waals surface area contributed by atoms with Crippen LogP contribution in [0.4, 0.5) is 0 Å². The van der Waals surface area contributed by atoms with Crippen molar-refractivity contribution in [2.24, 2.45) is 10.7 Å². The highest BCUT2D eigenvalue weighted by Gasteiger charge is 2.19. The molecule has 1 fully saturated rings. The van der Waals surface area contributed by atoms with Gasteiger partial charge in [0.05, 0.1) is 6.54 Å². The molecule has 0 bridgehead atoms. The van der Waals surface area contributed by atoms with E-state index in [9.17, 15) is 4.79 Å². The van der Waals surface area contributed by atoms with Crippen molar-refractivity contribution in [1.82, 2.24) is 4.90 Å². The van der Waals surface area contributed by atoms with Crippen LogP contribution in [0.15, 0.2) is 4.99 Å². The fourth-order valence-electron chi connectivity index (χ4n) is 1.26. The lowest BCUT2D eigenvalue weighted by molar-refractivity contribution is -0.118. The molecule has 5 nitrogen and oxygen atoms in total. The number of rotatable bonds is 2. The molecule has 0 aliphatic carbocycles. The molecule has 1 saturated heterocycles. The van der Waals surface area contributed by atoms with Crippen LogP contribution in [0.1, 0.15) is 12.8 Å². The molecule has 1 heterocycles. The number of nitrogens with zero attached hydrogens (tertiary/aromatic N) is 3. The van der Waals surface area contributed by atoms with E-state index >= 15 is 0 Å². The highest BCUT2D eigenvalue weighted by atomic mass is 16.1. The molecule has 2 N–H and O–H groups in total. The van der Waals surface area contributed by atoms with Crippen molar-refractivity contribution in [2.45, 2.75) is 12.8 Å². The van der Waals surface area contributed by atoms with Crippen molar-refractivity contribution in [1.29, 1.82) is 5.26 Å². The summed E-state index contributed by atoms with van der Waals surface area (Å²) in [6.07, 6.45) is 3.41. The molecule has 0 saturated carbocycles. The second kappa shape index (κ2) is 3.72. The van der Waals surface area contributed by atoms with Gasteiger partial charge in [-0.1, -0.05) is 0 Å². The minimum absolute atomic E-state index is 0.167. The molecule has 5 heteroatoms. The lowest BCUT2D eigenvalue weighted by Gasteiger charge is -2.14. The monoisotopic (exact) mass is 166 g/mol. The Morgan fingerprint density at radius 1 is 1.83 bits per heavy atom. The van der Waals surface area contributed by atoms with E-state index in [1.807, 2.05) is 0 Å². The van der Waals surface area contributed by atoms with E-state index in [0.717, 1.165) is 19.4 Å². The molecule has 0 unspecified atom stereocenters. The molecular weight excluding hydrogens is 156 g/mol. The Morgan fingerprint density at radius 3 is 3.17 bits per heavy atom. The van der Waals surface area contributed by atoms with Crippen molar-refractivity contribution in [2.75, 3.05) is 13.1 Å². The molecule has 0 aromatic rings. The normalized spacial score (nSPS) is 19.6. The number of aliphatic imine (C=N–C) groups is 1. The Labute approximate surface area is 70.5 Å². The number of hydrogen-bond acceptors (Lipinski definition) is 3. The van der Waals surface area contributed by atoms with Crippen LogP contribution in [0.5, 0.6) is 0 Å². The first kappa shape index (κ1) is 8.53. The van der Waals surface area contributed by atoms with E-state index in [-0.39, 0.29) is 12.5 Å². The number of nitriles is 1. The maximum atomic E-state index is 10.5. The van der Waals surface area contributed by atoms with E-state index < -0.39 is 0 Å². The molecule has 0 atom stereocenters. The third-order valence-electron chi connectivity index (χ3n) is 1.72. The molecule has 1 rings (SSSR count). The van der Waals surface area contributed by atoms with Gasteiger partial charge in [0.2, 0.25) is 12.1 Å². The number of carbonyl (C=O) groups is 1. The molecule has 1 amide bonds. The van der Waals surface area contributed by atoms with Gasteiger partial charge in [0.1, 0.15) is 5.84 Å². The average Bonchev–Trinajstić information content (AvgIpc) is 2.37. The van der Waals surface area contributed by atoms with Crippen molar-refractivity contribution in [3.05, 3.63) is 0 Å². The van der Waals surface area contributed by atoms with E-state index in [1.165, 1.54) is 0 Å². The van der Waals surface area contributed by atoms with E-state index in [4.69, 9.17) is 11.0 Å². The minimum Gasteiger partial charge on any atom is -0.368 e. The first-order valence-electron chi connectivity index (χ1n) is 3.73. The molecular formula is C7H10N4O. The Balaban J connectivity index is 2.59. The van der Waals surface area contributed by atoms with Gasteiger partial charge in [-0.2, -0.15) is 10.3 Å². The Morgan fingerprint density at radius 2 is 2.58 bits per heavy atom. The van der Waals surface area contributed by atoms with Gasteiger partial charge in [-0.05, 0) is 6.42 Å². The summed E-state index contributed by atoms with van der Waals surface area (Å²) in [5, 5.41) is 8.30. The number of hydrogen-bond donors (Lipinski definition) is 1. The fourth-order valence-corrected chi connectivity index (χ4v) is 1.26. The van der Waals surface area contributed by atoms with Crippen molar-refractivity contribution < 1.29 is 4.79 Å². The SMILES string of the molecule is N#CN=C1CCCN1CC(N)=O. The second-order valence-corrected chi connectivity index (χ2v) is 2.62. The second-order valence-electron chi connectivity index (χ2n) is 2.62. The van der Waals surface area contributed by atoms with Gasteiger partial charge < -0.3 is 10.6 Å². The topological polar surface area (TPSA) is 82.5 Å². The molecule has 1 aliphatic rings. The van der Waals surface area contributed by atoms with Crippen LogP contribution in [0, 0.1) is 11.5 Å². The summed E-state index contributed by atoms with van der Waals surface area (Å²) in [5.41, 5.74) is 5.01. The lowest BCUT2D eigenvalue weighted by atomic mass is 10.4. The molecule has 1 aliphatic heterocycles. The van der Waals surface area contributed by atoms with Gasteiger partial charge in [0.25, 0.3) is 0 Å². The smallest absolute Gasteiger partial charge is 0.236 e. The summed E-state index contributed by atoms with van der Waals surface area (Å²) in [6, 6.07) is 0. The van der Waals surface area contributed by atoms with Crippen LogP contribution in [-0.4, -0.2) is 29.7 Å². The van der Waals surface area contributed by atoms with Gasteiger partial charge in [-0.25, -0.2) is 0 Å². The molecule has 0 aromatic carbocycles. The largest absolute Gasteiger partial charge is 0.368 e. The number of primary amides is 1. The zero-order valence-corrected chi connectivity index (χ0v) is 6.66. The number of likely N-dealkylation sites (tertiary alicyclic amines) is 1. The van der Waals surface area contributed by atoms with E-state index in [2.05, 4.69) is 4.99 Å². The fraction of sp³-hybridized carbons (Fsp3) is 0.571. The zero-order valence-electron chi connectivity index (χ0n) is 6.66. The summed E-state index contributed by atoms with van der Waals surface area (Å²) < 4.78 is 0.